The number of nitriles is 1. The standard InChI is InChI=1S/C16H16N6/c1-10-4-11(7-17)19-8-15(10)22(3)12-5-13(18)16-14(6-12)21(2)9-20-16/h4-6,8-9H,18H2,1-3H3. The van der Waals surface area contributed by atoms with Crippen LogP contribution in [0.25, 0.3) is 11.0 Å². The zero-order valence-electron chi connectivity index (χ0n) is 12.7. The molecule has 2 aromatic heterocycles. The van der Waals surface area contributed by atoms with E-state index in [0.717, 1.165) is 28.0 Å². The van der Waals surface area contributed by atoms with Crippen LogP contribution >= 0.6 is 0 Å². The molecule has 2 heterocycles. The largest absolute Gasteiger partial charge is 0.397 e. The summed E-state index contributed by atoms with van der Waals surface area (Å²) in [5, 5.41) is 8.92. The molecule has 0 radical (unpaired) electrons. The minimum Gasteiger partial charge on any atom is -0.397 e. The number of nitrogen functional groups attached to an aromatic ring is 1. The first-order valence-corrected chi connectivity index (χ1v) is 6.82. The quantitative estimate of drug-likeness (QED) is 0.734. The maximum atomic E-state index is 8.92. The Balaban J connectivity index is 2.11. The number of hydrogen-bond donors (Lipinski definition) is 1. The van der Waals surface area contributed by atoms with E-state index >= 15 is 0 Å². The molecule has 0 aliphatic carbocycles. The van der Waals surface area contributed by atoms with Crippen molar-refractivity contribution in [2.45, 2.75) is 6.92 Å². The summed E-state index contributed by atoms with van der Waals surface area (Å²) in [7, 11) is 3.89. The van der Waals surface area contributed by atoms with Crippen molar-refractivity contribution in [3.8, 4) is 6.07 Å². The Morgan fingerprint density at radius 1 is 1.27 bits per heavy atom. The van der Waals surface area contributed by atoms with Gasteiger partial charge in [-0.1, -0.05) is 0 Å². The van der Waals surface area contributed by atoms with Crippen LogP contribution in [-0.4, -0.2) is 21.6 Å². The van der Waals surface area contributed by atoms with Crippen LogP contribution in [0.15, 0.2) is 30.7 Å². The molecule has 6 heteroatoms. The number of pyridine rings is 1. The van der Waals surface area contributed by atoms with Gasteiger partial charge in [-0.3, -0.25) is 0 Å². The zero-order chi connectivity index (χ0) is 15.9. The van der Waals surface area contributed by atoms with E-state index in [1.165, 1.54) is 0 Å². The molecule has 2 N–H and O–H groups in total. The SMILES string of the molecule is Cc1cc(C#N)ncc1N(C)c1cc(N)c2ncn(C)c2c1. The van der Waals surface area contributed by atoms with Crippen LogP contribution in [0.3, 0.4) is 0 Å². The summed E-state index contributed by atoms with van der Waals surface area (Å²) in [6.07, 6.45) is 3.46. The average molecular weight is 292 g/mol. The molecule has 0 aliphatic rings. The molecule has 0 atom stereocenters. The van der Waals surface area contributed by atoms with Gasteiger partial charge in [-0.25, -0.2) is 9.97 Å². The molecular weight excluding hydrogens is 276 g/mol. The third kappa shape index (κ3) is 2.13. The highest BCUT2D eigenvalue weighted by molar-refractivity contribution is 5.92. The van der Waals surface area contributed by atoms with Gasteiger partial charge in [-0.05, 0) is 30.7 Å². The lowest BCUT2D eigenvalue weighted by atomic mass is 10.1. The molecule has 0 fully saturated rings. The van der Waals surface area contributed by atoms with Crippen LogP contribution in [0.1, 0.15) is 11.3 Å². The number of anilines is 3. The van der Waals surface area contributed by atoms with Crippen molar-refractivity contribution in [3.63, 3.8) is 0 Å². The molecule has 0 saturated carbocycles. The Kier molecular flexibility index (Phi) is 3.18. The molecule has 0 bridgehead atoms. The smallest absolute Gasteiger partial charge is 0.140 e. The third-order valence-corrected chi connectivity index (χ3v) is 3.79. The molecule has 0 spiro atoms. The van der Waals surface area contributed by atoms with Crippen molar-refractivity contribution in [1.82, 2.24) is 14.5 Å². The Bertz CT molecular complexity index is 903. The second kappa shape index (κ2) is 5.04. The summed E-state index contributed by atoms with van der Waals surface area (Å²) < 4.78 is 1.94. The van der Waals surface area contributed by atoms with E-state index < -0.39 is 0 Å². The van der Waals surface area contributed by atoms with Gasteiger partial charge in [0.25, 0.3) is 0 Å². The third-order valence-electron chi connectivity index (χ3n) is 3.79. The Morgan fingerprint density at radius 2 is 2.05 bits per heavy atom. The first-order chi connectivity index (χ1) is 10.5. The van der Waals surface area contributed by atoms with E-state index in [0.29, 0.717) is 11.4 Å². The van der Waals surface area contributed by atoms with Gasteiger partial charge >= 0.3 is 0 Å². The van der Waals surface area contributed by atoms with E-state index in [1.54, 1.807) is 18.6 Å². The number of imidazole rings is 1. The number of aromatic nitrogens is 3. The van der Waals surface area contributed by atoms with Crippen molar-refractivity contribution in [2.75, 3.05) is 17.7 Å². The summed E-state index contributed by atoms with van der Waals surface area (Å²) in [4.78, 5) is 10.5. The van der Waals surface area contributed by atoms with Crippen LogP contribution in [0.4, 0.5) is 17.1 Å². The van der Waals surface area contributed by atoms with Crippen molar-refractivity contribution in [1.29, 1.82) is 5.26 Å². The molecule has 6 nitrogen and oxygen atoms in total. The van der Waals surface area contributed by atoms with Gasteiger partial charge in [-0.2, -0.15) is 5.26 Å². The fourth-order valence-electron chi connectivity index (χ4n) is 2.54. The summed E-state index contributed by atoms with van der Waals surface area (Å²) in [5.74, 6) is 0. The first-order valence-electron chi connectivity index (χ1n) is 6.82. The molecule has 0 saturated heterocycles. The number of aryl methyl sites for hydroxylation is 2. The molecule has 1 aromatic carbocycles. The number of nitrogens with zero attached hydrogens (tertiary/aromatic N) is 5. The number of nitrogens with two attached hydrogens (primary N) is 1. The molecule has 0 unspecified atom stereocenters. The second-order valence-corrected chi connectivity index (χ2v) is 5.29. The van der Waals surface area contributed by atoms with Crippen molar-refractivity contribution in [3.05, 3.63) is 42.0 Å². The van der Waals surface area contributed by atoms with Crippen LogP contribution in [0.5, 0.6) is 0 Å². The minimum atomic E-state index is 0.413. The van der Waals surface area contributed by atoms with Gasteiger partial charge in [-0.15, -0.1) is 0 Å². The number of fused-ring (bicyclic) bond motifs is 1. The maximum absolute atomic E-state index is 8.92. The Morgan fingerprint density at radius 3 is 2.73 bits per heavy atom. The van der Waals surface area contributed by atoms with E-state index in [1.807, 2.05) is 48.7 Å². The lowest BCUT2D eigenvalue weighted by Gasteiger charge is -2.22. The highest BCUT2D eigenvalue weighted by Gasteiger charge is 2.12. The number of rotatable bonds is 2. The zero-order valence-corrected chi connectivity index (χ0v) is 12.7. The highest BCUT2D eigenvalue weighted by Crippen LogP contribution is 2.31. The maximum Gasteiger partial charge on any atom is 0.140 e. The van der Waals surface area contributed by atoms with Gasteiger partial charge in [0.05, 0.1) is 29.4 Å². The van der Waals surface area contributed by atoms with Crippen molar-refractivity contribution >= 4 is 28.1 Å². The minimum absolute atomic E-state index is 0.413. The van der Waals surface area contributed by atoms with Crippen LogP contribution < -0.4 is 10.6 Å². The molecular formula is C16H16N6. The second-order valence-electron chi connectivity index (χ2n) is 5.29. The van der Waals surface area contributed by atoms with Gasteiger partial charge in [0, 0.05) is 19.8 Å². The van der Waals surface area contributed by atoms with Crippen LogP contribution in [0.2, 0.25) is 0 Å². The summed E-state index contributed by atoms with van der Waals surface area (Å²) in [6, 6.07) is 7.76. The topological polar surface area (TPSA) is 83.8 Å². The predicted octanol–water partition coefficient (Wildman–Crippen LogP) is 2.50. The molecule has 3 aromatic rings. The Labute approximate surface area is 128 Å². The van der Waals surface area contributed by atoms with Crippen molar-refractivity contribution in [2.24, 2.45) is 7.05 Å². The van der Waals surface area contributed by atoms with Crippen LogP contribution in [-0.2, 0) is 7.05 Å². The molecule has 110 valence electrons. The monoisotopic (exact) mass is 292 g/mol. The van der Waals surface area contributed by atoms with E-state index in [9.17, 15) is 0 Å². The molecule has 0 aliphatic heterocycles. The number of hydrogen-bond acceptors (Lipinski definition) is 5. The van der Waals surface area contributed by atoms with Gasteiger partial charge in [0.2, 0.25) is 0 Å². The predicted molar refractivity (Wildman–Crippen MR) is 86.9 cm³/mol. The summed E-state index contributed by atoms with van der Waals surface area (Å²) >= 11 is 0. The molecule has 3 rings (SSSR count). The van der Waals surface area contributed by atoms with Crippen LogP contribution in [0, 0.1) is 18.3 Å². The van der Waals surface area contributed by atoms with E-state index in [4.69, 9.17) is 11.0 Å². The Hall–Kier alpha value is -3.07. The number of benzene rings is 1. The van der Waals surface area contributed by atoms with E-state index in [-0.39, 0.29) is 0 Å². The molecule has 0 amide bonds. The fourth-order valence-corrected chi connectivity index (χ4v) is 2.54. The normalized spacial score (nSPS) is 10.6. The van der Waals surface area contributed by atoms with Gasteiger partial charge in [0.1, 0.15) is 17.3 Å². The highest BCUT2D eigenvalue weighted by atomic mass is 15.1. The first kappa shape index (κ1) is 13.9. The van der Waals surface area contributed by atoms with E-state index in [2.05, 4.69) is 9.97 Å². The molecule has 22 heavy (non-hydrogen) atoms. The van der Waals surface area contributed by atoms with Gasteiger partial charge in [0.15, 0.2) is 0 Å². The summed E-state index contributed by atoms with van der Waals surface area (Å²) in [6.45, 7) is 1.96. The lowest BCUT2D eigenvalue weighted by Crippen LogP contribution is -2.12. The average Bonchev–Trinajstić information content (AvgIpc) is 2.88. The van der Waals surface area contributed by atoms with Gasteiger partial charge < -0.3 is 15.2 Å². The lowest BCUT2D eigenvalue weighted by molar-refractivity contribution is 0.947. The fraction of sp³-hybridized carbons (Fsp3) is 0.188. The summed E-state index contributed by atoms with van der Waals surface area (Å²) in [5.41, 5.74) is 11.8. The van der Waals surface area contributed by atoms with Crippen molar-refractivity contribution < 1.29 is 0 Å².